The summed E-state index contributed by atoms with van der Waals surface area (Å²) in [4.78, 5) is 14.0. The van der Waals surface area contributed by atoms with Gasteiger partial charge in [-0.05, 0) is 89.0 Å². The Labute approximate surface area is 310 Å². The van der Waals surface area contributed by atoms with Gasteiger partial charge in [-0.3, -0.25) is 4.98 Å². The largest absolute Gasteiger partial charge is 0.461 e. The van der Waals surface area contributed by atoms with E-state index in [1.165, 1.54) is 44.5 Å². The standard InChI is InChI=1S/C32H31N2O.C13H12N.Ir/c1-20-15-24(23-11-8-7-9-12-23)16-21(2)30(20)26-17-27(33-19-22(26)3)25-13-10-14-28-31(25)34-29(35-28)18-32(4,5)6;1-10-3-6-12(7-4-10)13-8-5-11(2)9-14-13;/h7-12,14-17,19H,18H2,1-6H3;3-6,8-9H,1-2H3;/q2*-1;. The molecule has 0 spiro atoms. The molecule has 0 aliphatic rings. The van der Waals surface area contributed by atoms with E-state index in [1.807, 2.05) is 49.6 Å². The zero-order valence-corrected chi connectivity index (χ0v) is 32.5. The van der Waals surface area contributed by atoms with Gasteiger partial charge >= 0.3 is 0 Å². The van der Waals surface area contributed by atoms with Gasteiger partial charge in [0.1, 0.15) is 0 Å². The first-order valence-corrected chi connectivity index (χ1v) is 16.8. The van der Waals surface area contributed by atoms with Gasteiger partial charge < -0.3 is 14.4 Å². The average Bonchev–Trinajstić information content (AvgIpc) is 3.48. The first-order chi connectivity index (χ1) is 23.4. The molecule has 0 saturated heterocycles. The van der Waals surface area contributed by atoms with Crippen LogP contribution in [-0.2, 0) is 26.5 Å². The van der Waals surface area contributed by atoms with E-state index >= 15 is 0 Å². The second kappa shape index (κ2) is 15.5. The maximum atomic E-state index is 6.08. The number of fused-ring (bicyclic) bond motifs is 1. The Morgan fingerprint density at radius 2 is 1.38 bits per heavy atom. The molecule has 0 bridgehead atoms. The van der Waals surface area contributed by atoms with Gasteiger partial charge in [-0.15, -0.1) is 47.5 Å². The molecule has 3 aromatic heterocycles. The van der Waals surface area contributed by atoms with Crippen molar-refractivity contribution in [3.8, 4) is 44.8 Å². The molecule has 0 aliphatic heterocycles. The number of benzene rings is 4. The van der Waals surface area contributed by atoms with E-state index in [2.05, 4.69) is 126 Å². The fourth-order valence-electron chi connectivity index (χ4n) is 6.07. The van der Waals surface area contributed by atoms with Gasteiger partial charge in [0.05, 0.1) is 5.58 Å². The smallest absolute Gasteiger partial charge is 0.184 e. The van der Waals surface area contributed by atoms with E-state index in [1.54, 1.807) is 0 Å². The first-order valence-electron chi connectivity index (χ1n) is 16.8. The van der Waals surface area contributed by atoms with Gasteiger partial charge in [0.25, 0.3) is 0 Å². The van der Waals surface area contributed by atoms with Crippen molar-refractivity contribution in [2.75, 3.05) is 0 Å². The molecule has 3 heterocycles. The number of hydrogen-bond acceptors (Lipinski definition) is 4. The molecule has 0 fully saturated rings. The molecule has 1 radical (unpaired) electrons. The second-order valence-electron chi connectivity index (χ2n) is 14.1. The average molecular weight is 834 g/mol. The van der Waals surface area contributed by atoms with Crippen molar-refractivity contribution in [1.29, 1.82) is 0 Å². The molecule has 4 nitrogen and oxygen atoms in total. The summed E-state index contributed by atoms with van der Waals surface area (Å²) in [5.41, 5.74) is 16.4. The fourth-order valence-corrected chi connectivity index (χ4v) is 6.07. The molecule has 0 aliphatic carbocycles. The van der Waals surface area contributed by atoms with Crippen LogP contribution in [0.1, 0.15) is 54.5 Å². The summed E-state index contributed by atoms with van der Waals surface area (Å²) in [5, 5.41) is 0. The molecule has 5 heteroatoms. The summed E-state index contributed by atoms with van der Waals surface area (Å²) in [7, 11) is 0. The van der Waals surface area contributed by atoms with E-state index in [4.69, 9.17) is 14.4 Å². The molecular formula is C45H43IrN3O-2. The predicted molar refractivity (Wildman–Crippen MR) is 202 cm³/mol. The fraction of sp³-hybridized carbons (Fsp3) is 0.222. The third kappa shape index (κ3) is 8.53. The number of oxazole rings is 1. The van der Waals surface area contributed by atoms with Crippen LogP contribution in [0, 0.1) is 52.2 Å². The topological polar surface area (TPSA) is 51.8 Å². The quantitative estimate of drug-likeness (QED) is 0.162. The van der Waals surface area contributed by atoms with E-state index < -0.39 is 0 Å². The van der Waals surface area contributed by atoms with Gasteiger partial charge in [0.15, 0.2) is 5.89 Å². The van der Waals surface area contributed by atoms with Gasteiger partial charge in [-0.25, -0.2) is 0 Å². The molecule has 7 aromatic rings. The van der Waals surface area contributed by atoms with Gasteiger partial charge in [-0.1, -0.05) is 100.0 Å². The minimum absolute atomic E-state index is 0. The van der Waals surface area contributed by atoms with Crippen LogP contribution < -0.4 is 0 Å². The minimum Gasteiger partial charge on any atom is -0.461 e. The summed E-state index contributed by atoms with van der Waals surface area (Å²) < 4.78 is 6.08. The van der Waals surface area contributed by atoms with Crippen molar-refractivity contribution in [3.05, 3.63) is 149 Å². The van der Waals surface area contributed by atoms with Crippen LogP contribution in [0.5, 0.6) is 0 Å². The number of rotatable bonds is 5. The molecule has 0 unspecified atom stereocenters. The molecular weight excluding hydrogens is 791 g/mol. The van der Waals surface area contributed by atoms with Crippen LogP contribution in [0.4, 0.5) is 0 Å². The molecule has 0 amide bonds. The van der Waals surface area contributed by atoms with Crippen LogP contribution in [-0.4, -0.2) is 15.0 Å². The minimum atomic E-state index is 0. The van der Waals surface area contributed by atoms with Crippen molar-refractivity contribution in [3.63, 3.8) is 0 Å². The predicted octanol–water partition coefficient (Wildman–Crippen LogP) is 11.7. The Hall–Kier alpha value is -4.70. The Morgan fingerprint density at radius 3 is 2.02 bits per heavy atom. The third-order valence-corrected chi connectivity index (χ3v) is 8.50. The number of pyridine rings is 2. The number of nitrogens with zero attached hydrogens (tertiary/aromatic N) is 3. The van der Waals surface area contributed by atoms with Gasteiger partial charge in [-0.2, -0.15) is 0 Å². The van der Waals surface area contributed by atoms with Crippen LogP contribution in [0.25, 0.3) is 55.9 Å². The summed E-state index contributed by atoms with van der Waals surface area (Å²) in [6.07, 6.45) is 4.61. The summed E-state index contributed by atoms with van der Waals surface area (Å²) in [5.74, 6) is 0.754. The zero-order chi connectivity index (χ0) is 34.7. The number of hydrogen-bond donors (Lipinski definition) is 0. The summed E-state index contributed by atoms with van der Waals surface area (Å²) in [6, 6.07) is 37.9. The maximum absolute atomic E-state index is 6.08. The normalized spacial score (nSPS) is 11.1. The van der Waals surface area contributed by atoms with Gasteiger partial charge in [0, 0.05) is 44.4 Å². The summed E-state index contributed by atoms with van der Waals surface area (Å²) >= 11 is 0. The molecule has 0 N–H and O–H groups in total. The van der Waals surface area contributed by atoms with Gasteiger partial charge in [0.2, 0.25) is 0 Å². The van der Waals surface area contributed by atoms with Crippen molar-refractivity contribution in [2.24, 2.45) is 5.41 Å². The Kier molecular flexibility index (Phi) is 11.3. The summed E-state index contributed by atoms with van der Waals surface area (Å²) in [6.45, 7) is 17.2. The molecule has 255 valence electrons. The SMILES string of the molecule is Cc1c[c-]c(-c2ccc(C)cn2)cc1.Cc1cnc(-c2[c-]ccc3oc(CC(C)(C)C)nc23)cc1-c1c(C)cc(-c2ccccc2)cc1C.[Ir]. The van der Waals surface area contributed by atoms with Crippen LogP contribution in [0.15, 0.2) is 108 Å². The molecule has 7 rings (SSSR count). The first kappa shape index (κ1) is 36.6. The van der Waals surface area contributed by atoms with Crippen molar-refractivity contribution >= 4 is 11.1 Å². The van der Waals surface area contributed by atoms with E-state index in [9.17, 15) is 0 Å². The van der Waals surface area contributed by atoms with Crippen LogP contribution in [0.2, 0.25) is 0 Å². The van der Waals surface area contributed by atoms with Crippen molar-refractivity contribution < 1.29 is 24.5 Å². The van der Waals surface area contributed by atoms with Crippen LogP contribution in [0.3, 0.4) is 0 Å². The Bertz CT molecular complexity index is 2140. The molecule has 4 aromatic carbocycles. The van der Waals surface area contributed by atoms with E-state index in [0.717, 1.165) is 51.5 Å². The van der Waals surface area contributed by atoms with E-state index in [0.29, 0.717) is 0 Å². The Morgan fingerprint density at radius 1 is 0.680 bits per heavy atom. The van der Waals surface area contributed by atoms with Crippen molar-refractivity contribution in [1.82, 2.24) is 15.0 Å². The maximum Gasteiger partial charge on any atom is 0.184 e. The second-order valence-corrected chi connectivity index (χ2v) is 14.1. The molecule has 50 heavy (non-hydrogen) atoms. The zero-order valence-electron chi connectivity index (χ0n) is 30.1. The molecule has 0 atom stereocenters. The third-order valence-electron chi connectivity index (χ3n) is 8.50. The Balaban J connectivity index is 0.000000271. The van der Waals surface area contributed by atoms with Crippen molar-refractivity contribution in [2.45, 2.75) is 61.8 Å². The molecule has 0 saturated carbocycles. The van der Waals surface area contributed by atoms with Crippen LogP contribution >= 0.6 is 0 Å². The van der Waals surface area contributed by atoms with E-state index in [-0.39, 0.29) is 25.5 Å². The monoisotopic (exact) mass is 834 g/mol. The number of aromatic nitrogens is 3. The number of aryl methyl sites for hydroxylation is 5.